The number of nitrogens with zero attached hydrogens (tertiary/aromatic N) is 1. The highest BCUT2D eigenvalue weighted by Crippen LogP contribution is 2.56. The molecule has 1 aliphatic carbocycles. The lowest BCUT2D eigenvalue weighted by molar-refractivity contribution is 0.0994. The Morgan fingerprint density at radius 1 is 0.897 bits per heavy atom. The van der Waals surface area contributed by atoms with Gasteiger partial charge in [0.05, 0.1) is 11.1 Å². The largest absolute Gasteiger partial charge is 0.507 e. The van der Waals surface area contributed by atoms with Crippen LogP contribution in [0.2, 0.25) is 0 Å². The minimum absolute atomic E-state index is 0.0712. The summed E-state index contributed by atoms with van der Waals surface area (Å²) in [4.78, 5) is 15.9. The standard InChI is InChI=1S/C26H23NO2/c1-3-26-22(17-11-5-4-6-12-17)18-13-7-8-14-19(18)24(28)23(26)25(29)20-15-9-10-16-21(20)27(26)2/h4-16,22,29H,3H2,1-2H3/t22-,26-/m0/s1. The number of likely N-dealkylation sites (N-methyl/N-ethyl adjacent to an activating group) is 1. The number of para-hydroxylation sites is 1. The summed E-state index contributed by atoms with van der Waals surface area (Å²) < 4.78 is 0. The van der Waals surface area contributed by atoms with Crippen LogP contribution in [0, 0.1) is 0 Å². The Morgan fingerprint density at radius 2 is 1.52 bits per heavy atom. The van der Waals surface area contributed by atoms with Gasteiger partial charge in [-0.1, -0.05) is 73.7 Å². The van der Waals surface area contributed by atoms with Crippen LogP contribution in [0.1, 0.15) is 46.3 Å². The second-order valence-electron chi connectivity index (χ2n) is 7.84. The molecule has 3 nitrogen and oxygen atoms in total. The number of rotatable bonds is 2. The predicted molar refractivity (Wildman–Crippen MR) is 116 cm³/mol. The van der Waals surface area contributed by atoms with Gasteiger partial charge >= 0.3 is 0 Å². The third-order valence-electron chi connectivity index (χ3n) is 6.68. The number of carbonyl (C=O) groups excluding carboxylic acids is 1. The van der Waals surface area contributed by atoms with E-state index in [1.807, 2.05) is 67.7 Å². The first-order valence-electron chi connectivity index (χ1n) is 10.1. The zero-order valence-electron chi connectivity index (χ0n) is 16.6. The van der Waals surface area contributed by atoms with Gasteiger partial charge in [-0.25, -0.2) is 0 Å². The van der Waals surface area contributed by atoms with Gasteiger partial charge in [-0.2, -0.15) is 0 Å². The van der Waals surface area contributed by atoms with E-state index in [0.717, 1.165) is 16.8 Å². The van der Waals surface area contributed by atoms with E-state index in [2.05, 4.69) is 30.0 Å². The highest BCUT2D eigenvalue weighted by molar-refractivity contribution is 6.18. The lowest BCUT2D eigenvalue weighted by Crippen LogP contribution is -2.58. The number of aliphatic hydroxyl groups is 1. The maximum atomic E-state index is 13.7. The van der Waals surface area contributed by atoms with Crippen molar-refractivity contribution < 1.29 is 9.90 Å². The number of aliphatic hydroxyl groups excluding tert-OH is 1. The Balaban J connectivity index is 1.93. The predicted octanol–water partition coefficient (Wildman–Crippen LogP) is 5.58. The normalized spacial score (nSPS) is 22.8. The third-order valence-corrected chi connectivity index (χ3v) is 6.68. The van der Waals surface area contributed by atoms with Crippen molar-refractivity contribution in [2.24, 2.45) is 0 Å². The molecule has 2 aliphatic rings. The Morgan fingerprint density at radius 3 is 2.24 bits per heavy atom. The maximum absolute atomic E-state index is 13.7. The van der Waals surface area contributed by atoms with Crippen LogP contribution < -0.4 is 4.90 Å². The van der Waals surface area contributed by atoms with Crippen molar-refractivity contribution in [2.45, 2.75) is 24.8 Å². The van der Waals surface area contributed by atoms with Gasteiger partial charge in [0.2, 0.25) is 0 Å². The van der Waals surface area contributed by atoms with Crippen molar-refractivity contribution in [2.75, 3.05) is 11.9 Å². The number of hydrogen-bond donors (Lipinski definition) is 1. The molecule has 144 valence electrons. The topological polar surface area (TPSA) is 40.5 Å². The molecule has 3 heteroatoms. The molecule has 0 amide bonds. The minimum atomic E-state index is -0.661. The number of ketones is 1. The average molecular weight is 381 g/mol. The minimum Gasteiger partial charge on any atom is -0.507 e. The smallest absolute Gasteiger partial charge is 0.195 e. The first kappa shape index (κ1) is 17.7. The summed E-state index contributed by atoms with van der Waals surface area (Å²) in [5.41, 5.74) is 4.36. The van der Waals surface area contributed by atoms with E-state index >= 15 is 0 Å². The Bertz CT molecular complexity index is 1150. The summed E-state index contributed by atoms with van der Waals surface area (Å²) >= 11 is 0. The molecule has 2 atom stereocenters. The van der Waals surface area contributed by atoms with Crippen molar-refractivity contribution in [3.05, 3.63) is 107 Å². The summed E-state index contributed by atoms with van der Waals surface area (Å²) in [5.74, 6) is -0.0347. The first-order valence-corrected chi connectivity index (χ1v) is 10.1. The lowest BCUT2D eigenvalue weighted by Gasteiger charge is -2.54. The molecule has 0 fully saturated rings. The number of hydrogen-bond acceptors (Lipinski definition) is 3. The summed E-state index contributed by atoms with van der Waals surface area (Å²) in [6.45, 7) is 2.11. The molecule has 0 spiro atoms. The van der Waals surface area contributed by atoms with Gasteiger partial charge in [-0.3, -0.25) is 4.79 Å². The fraction of sp³-hybridized carbons (Fsp3) is 0.192. The Hall–Kier alpha value is -3.33. The monoisotopic (exact) mass is 381 g/mol. The van der Waals surface area contributed by atoms with Crippen molar-refractivity contribution in [3.63, 3.8) is 0 Å². The molecular weight excluding hydrogens is 358 g/mol. The van der Waals surface area contributed by atoms with Gasteiger partial charge in [0.1, 0.15) is 5.76 Å². The molecule has 3 aromatic rings. The molecule has 29 heavy (non-hydrogen) atoms. The van der Waals surface area contributed by atoms with E-state index in [4.69, 9.17) is 0 Å². The van der Waals surface area contributed by atoms with Crippen LogP contribution in [0.3, 0.4) is 0 Å². The van der Waals surface area contributed by atoms with Gasteiger partial charge in [0.25, 0.3) is 0 Å². The lowest BCUT2D eigenvalue weighted by atomic mass is 9.60. The molecular formula is C26H23NO2. The molecule has 0 saturated carbocycles. The SMILES string of the molecule is CC[C@]12C(=C(O)c3ccccc3N1C)C(=O)c1ccccc1[C@@H]2c1ccccc1. The van der Waals surface area contributed by atoms with E-state index in [1.165, 1.54) is 0 Å². The van der Waals surface area contributed by atoms with Gasteiger partial charge in [-0.05, 0) is 29.7 Å². The second-order valence-corrected chi connectivity index (χ2v) is 7.84. The molecule has 3 aromatic carbocycles. The molecule has 5 rings (SSSR count). The molecule has 0 bridgehead atoms. The van der Waals surface area contributed by atoms with Crippen LogP contribution in [0.25, 0.3) is 5.76 Å². The number of benzene rings is 3. The average Bonchev–Trinajstić information content (AvgIpc) is 2.78. The highest BCUT2D eigenvalue weighted by atomic mass is 16.3. The zero-order chi connectivity index (χ0) is 20.2. The summed E-state index contributed by atoms with van der Waals surface area (Å²) in [6.07, 6.45) is 0.691. The quantitative estimate of drug-likeness (QED) is 0.630. The van der Waals surface area contributed by atoms with E-state index < -0.39 is 5.54 Å². The van der Waals surface area contributed by atoms with Gasteiger partial charge in [0, 0.05) is 29.8 Å². The summed E-state index contributed by atoms with van der Waals surface area (Å²) in [7, 11) is 2.05. The number of Topliss-reactive ketones (excluding diaryl/α,β-unsaturated/α-hetero) is 1. The van der Waals surface area contributed by atoms with Crippen LogP contribution in [0.5, 0.6) is 0 Å². The molecule has 1 N–H and O–H groups in total. The molecule has 0 radical (unpaired) electrons. The fourth-order valence-electron chi connectivity index (χ4n) is 5.40. The van der Waals surface area contributed by atoms with Gasteiger partial charge < -0.3 is 10.0 Å². The van der Waals surface area contributed by atoms with Gasteiger partial charge in [0.15, 0.2) is 5.78 Å². The number of fused-ring (bicyclic) bond motifs is 3. The summed E-state index contributed by atoms with van der Waals surface area (Å²) in [5, 5.41) is 11.4. The molecule has 1 heterocycles. The summed E-state index contributed by atoms with van der Waals surface area (Å²) in [6, 6.07) is 26.0. The van der Waals surface area contributed by atoms with Crippen LogP contribution in [-0.2, 0) is 0 Å². The Kier molecular flexibility index (Phi) is 3.88. The van der Waals surface area contributed by atoms with Crippen LogP contribution in [0.4, 0.5) is 5.69 Å². The van der Waals surface area contributed by atoms with Crippen molar-refractivity contribution in [3.8, 4) is 0 Å². The zero-order valence-corrected chi connectivity index (χ0v) is 16.6. The Labute approximate surface area is 170 Å². The van der Waals surface area contributed by atoms with Crippen LogP contribution >= 0.6 is 0 Å². The maximum Gasteiger partial charge on any atom is 0.195 e. The second kappa shape index (κ2) is 6.35. The van der Waals surface area contributed by atoms with Crippen LogP contribution in [0.15, 0.2) is 84.4 Å². The first-order chi connectivity index (χ1) is 14.1. The fourth-order valence-corrected chi connectivity index (χ4v) is 5.40. The van der Waals surface area contributed by atoms with E-state index in [1.54, 1.807) is 0 Å². The van der Waals surface area contributed by atoms with Crippen molar-refractivity contribution >= 4 is 17.2 Å². The van der Waals surface area contributed by atoms with Crippen LogP contribution in [-0.4, -0.2) is 23.5 Å². The molecule has 0 aromatic heterocycles. The highest BCUT2D eigenvalue weighted by Gasteiger charge is 2.56. The molecule has 1 aliphatic heterocycles. The third kappa shape index (κ3) is 2.21. The van der Waals surface area contributed by atoms with Gasteiger partial charge in [-0.15, -0.1) is 0 Å². The number of carbonyl (C=O) groups is 1. The van der Waals surface area contributed by atoms with E-state index in [9.17, 15) is 9.90 Å². The van der Waals surface area contributed by atoms with Crippen molar-refractivity contribution in [1.29, 1.82) is 0 Å². The van der Waals surface area contributed by atoms with E-state index in [-0.39, 0.29) is 17.5 Å². The van der Waals surface area contributed by atoms with E-state index in [0.29, 0.717) is 23.1 Å². The molecule has 0 unspecified atom stereocenters. The van der Waals surface area contributed by atoms with Crippen molar-refractivity contribution in [1.82, 2.24) is 0 Å². The molecule has 0 saturated heterocycles. The number of anilines is 1.